The molecule has 1 aromatic heterocycles. The summed E-state index contributed by atoms with van der Waals surface area (Å²) in [5.41, 5.74) is 0.946. The van der Waals surface area contributed by atoms with Crippen LogP contribution in [-0.4, -0.2) is 22.8 Å². The van der Waals surface area contributed by atoms with Crippen LogP contribution in [0.1, 0.15) is 34.6 Å². The number of hydrogen-bond acceptors (Lipinski definition) is 3. The minimum atomic E-state index is -0.430. The van der Waals surface area contributed by atoms with Crippen LogP contribution in [0, 0.1) is 0 Å². The molecule has 2 rings (SSSR count). The van der Waals surface area contributed by atoms with E-state index in [1.807, 2.05) is 13.8 Å². The Balaban J connectivity index is 2.20. The van der Waals surface area contributed by atoms with E-state index in [4.69, 9.17) is 23.2 Å². The first kappa shape index (κ1) is 17.2. The van der Waals surface area contributed by atoms with E-state index in [1.165, 1.54) is 18.5 Å². The Hall–Kier alpha value is -2.11. The van der Waals surface area contributed by atoms with Gasteiger partial charge in [-0.15, -0.1) is 0 Å². The fraction of sp³-hybridized carbons (Fsp3) is 0.188. The van der Waals surface area contributed by atoms with Gasteiger partial charge in [0.15, 0.2) is 0 Å². The van der Waals surface area contributed by atoms with Crippen LogP contribution in [0.3, 0.4) is 0 Å². The molecule has 1 heterocycles. The SMILES string of the molecule is CC(C)NC(=O)c1cncc(C(=O)Nc2cc(Cl)ccc2Cl)c1. The van der Waals surface area contributed by atoms with Crippen molar-refractivity contribution in [2.24, 2.45) is 0 Å². The predicted octanol–water partition coefficient (Wildman–Crippen LogP) is 3.78. The standard InChI is InChI=1S/C16H15Cl2N3O2/c1-9(2)20-15(22)10-5-11(8-19-7-10)16(23)21-14-6-12(17)3-4-13(14)18/h3-9H,1-2H3,(H,20,22)(H,21,23). The van der Waals surface area contributed by atoms with Gasteiger partial charge in [-0.3, -0.25) is 14.6 Å². The van der Waals surface area contributed by atoms with E-state index in [9.17, 15) is 9.59 Å². The van der Waals surface area contributed by atoms with Crippen LogP contribution < -0.4 is 10.6 Å². The predicted molar refractivity (Wildman–Crippen MR) is 91.3 cm³/mol. The topological polar surface area (TPSA) is 71.1 Å². The van der Waals surface area contributed by atoms with Crippen molar-refractivity contribution in [1.29, 1.82) is 0 Å². The van der Waals surface area contributed by atoms with E-state index in [0.717, 1.165) is 0 Å². The van der Waals surface area contributed by atoms with E-state index < -0.39 is 5.91 Å². The maximum atomic E-state index is 12.3. The number of rotatable bonds is 4. The van der Waals surface area contributed by atoms with Gasteiger partial charge in [0.25, 0.3) is 11.8 Å². The van der Waals surface area contributed by atoms with Crippen molar-refractivity contribution in [3.8, 4) is 0 Å². The Kier molecular flexibility index (Phi) is 5.58. The third-order valence-electron chi connectivity index (χ3n) is 2.86. The summed E-state index contributed by atoms with van der Waals surface area (Å²) in [6.45, 7) is 3.70. The second-order valence-corrected chi connectivity index (χ2v) is 6.01. The van der Waals surface area contributed by atoms with Gasteiger partial charge in [-0.25, -0.2) is 0 Å². The lowest BCUT2D eigenvalue weighted by molar-refractivity contribution is 0.0942. The summed E-state index contributed by atoms with van der Waals surface area (Å²) >= 11 is 11.9. The summed E-state index contributed by atoms with van der Waals surface area (Å²) in [6, 6.07) is 6.22. The quantitative estimate of drug-likeness (QED) is 0.880. The molecule has 2 amide bonds. The van der Waals surface area contributed by atoms with Gasteiger partial charge >= 0.3 is 0 Å². The Bertz CT molecular complexity index is 748. The number of carbonyl (C=O) groups excluding carboxylic acids is 2. The second-order valence-electron chi connectivity index (χ2n) is 5.17. The Morgan fingerprint density at radius 1 is 1.04 bits per heavy atom. The molecule has 120 valence electrons. The number of anilines is 1. The number of halogens is 2. The van der Waals surface area contributed by atoms with Crippen molar-refractivity contribution in [2.75, 3.05) is 5.32 Å². The summed E-state index contributed by atoms with van der Waals surface area (Å²) in [4.78, 5) is 28.2. The average molecular weight is 352 g/mol. The molecule has 0 saturated carbocycles. The third kappa shape index (κ3) is 4.68. The highest BCUT2D eigenvalue weighted by Gasteiger charge is 2.13. The number of nitrogens with zero attached hydrogens (tertiary/aromatic N) is 1. The molecular weight excluding hydrogens is 337 g/mol. The van der Waals surface area contributed by atoms with Crippen LogP contribution in [0.4, 0.5) is 5.69 Å². The number of hydrogen-bond donors (Lipinski definition) is 2. The first-order chi connectivity index (χ1) is 10.9. The molecule has 0 aliphatic rings. The van der Waals surface area contributed by atoms with Crippen LogP contribution >= 0.6 is 23.2 Å². The summed E-state index contributed by atoms with van der Waals surface area (Å²) in [5, 5.41) is 6.21. The van der Waals surface area contributed by atoms with Crippen molar-refractivity contribution in [2.45, 2.75) is 19.9 Å². The fourth-order valence-corrected chi connectivity index (χ4v) is 2.16. The molecule has 0 bridgehead atoms. The average Bonchev–Trinajstić information content (AvgIpc) is 2.50. The largest absolute Gasteiger partial charge is 0.350 e. The summed E-state index contributed by atoms with van der Waals surface area (Å²) in [6.07, 6.45) is 2.78. The van der Waals surface area contributed by atoms with Crippen LogP contribution in [-0.2, 0) is 0 Å². The first-order valence-electron chi connectivity index (χ1n) is 6.89. The molecule has 0 radical (unpaired) electrons. The maximum absolute atomic E-state index is 12.3. The highest BCUT2D eigenvalue weighted by molar-refractivity contribution is 6.35. The van der Waals surface area contributed by atoms with Crippen molar-refractivity contribution in [3.63, 3.8) is 0 Å². The molecular formula is C16H15Cl2N3O2. The summed E-state index contributed by atoms with van der Waals surface area (Å²) in [5.74, 6) is -0.719. The second kappa shape index (κ2) is 7.44. The number of aromatic nitrogens is 1. The normalized spacial score (nSPS) is 10.5. The van der Waals surface area contributed by atoms with Crippen molar-refractivity contribution < 1.29 is 9.59 Å². The Morgan fingerprint density at radius 3 is 2.35 bits per heavy atom. The van der Waals surface area contributed by atoms with Gasteiger partial charge in [-0.2, -0.15) is 0 Å². The van der Waals surface area contributed by atoms with Crippen molar-refractivity contribution in [1.82, 2.24) is 10.3 Å². The molecule has 2 N–H and O–H groups in total. The van der Waals surface area contributed by atoms with Crippen LogP contribution in [0.25, 0.3) is 0 Å². The zero-order chi connectivity index (χ0) is 17.0. The van der Waals surface area contributed by atoms with E-state index in [-0.39, 0.29) is 17.5 Å². The summed E-state index contributed by atoms with van der Waals surface area (Å²) < 4.78 is 0. The maximum Gasteiger partial charge on any atom is 0.257 e. The fourth-order valence-electron chi connectivity index (χ4n) is 1.82. The van der Waals surface area contributed by atoms with Gasteiger partial charge in [-0.05, 0) is 38.1 Å². The first-order valence-corrected chi connectivity index (χ1v) is 7.64. The molecule has 0 spiro atoms. The van der Waals surface area contributed by atoms with Crippen molar-refractivity contribution >= 4 is 40.7 Å². The molecule has 23 heavy (non-hydrogen) atoms. The van der Waals surface area contributed by atoms with Gasteiger partial charge < -0.3 is 10.6 Å². The minimum Gasteiger partial charge on any atom is -0.350 e. The number of pyridine rings is 1. The Labute approximate surface area is 144 Å². The number of amides is 2. The highest BCUT2D eigenvalue weighted by atomic mass is 35.5. The van der Waals surface area contributed by atoms with Crippen LogP contribution in [0.5, 0.6) is 0 Å². The van der Waals surface area contributed by atoms with E-state index in [2.05, 4.69) is 15.6 Å². The molecule has 0 unspecified atom stereocenters. The zero-order valence-corrected chi connectivity index (χ0v) is 14.1. The smallest absolute Gasteiger partial charge is 0.257 e. The van der Waals surface area contributed by atoms with Crippen LogP contribution in [0.15, 0.2) is 36.7 Å². The zero-order valence-electron chi connectivity index (χ0n) is 12.6. The number of benzene rings is 1. The number of nitrogens with one attached hydrogen (secondary N) is 2. The third-order valence-corrected chi connectivity index (χ3v) is 3.42. The molecule has 0 aliphatic heterocycles. The molecule has 2 aromatic rings. The van der Waals surface area contributed by atoms with Crippen LogP contribution in [0.2, 0.25) is 10.0 Å². The Morgan fingerprint density at radius 2 is 1.70 bits per heavy atom. The summed E-state index contributed by atoms with van der Waals surface area (Å²) in [7, 11) is 0. The van der Waals surface area contributed by atoms with Crippen molar-refractivity contribution in [3.05, 3.63) is 57.8 Å². The lowest BCUT2D eigenvalue weighted by Crippen LogP contribution is -2.30. The molecule has 0 atom stereocenters. The van der Waals surface area contributed by atoms with Gasteiger partial charge in [0.2, 0.25) is 0 Å². The minimum absolute atomic E-state index is 0.00903. The van der Waals surface area contributed by atoms with E-state index >= 15 is 0 Å². The van der Waals surface area contributed by atoms with Gasteiger partial charge in [0.05, 0.1) is 21.8 Å². The van der Waals surface area contributed by atoms with Gasteiger partial charge in [0.1, 0.15) is 0 Å². The highest BCUT2D eigenvalue weighted by Crippen LogP contribution is 2.25. The lowest BCUT2D eigenvalue weighted by atomic mass is 10.1. The molecule has 5 nitrogen and oxygen atoms in total. The molecule has 7 heteroatoms. The van der Waals surface area contributed by atoms with E-state index in [1.54, 1.807) is 18.2 Å². The molecule has 0 fully saturated rings. The lowest BCUT2D eigenvalue weighted by Gasteiger charge is -2.10. The molecule has 1 aromatic carbocycles. The van der Waals surface area contributed by atoms with E-state index in [0.29, 0.717) is 21.3 Å². The van der Waals surface area contributed by atoms with Gasteiger partial charge in [-0.1, -0.05) is 23.2 Å². The van der Waals surface area contributed by atoms with Gasteiger partial charge in [0, 0.05) is 23.5 Å². The monoisotopic (exact) mass is 351 g/mol. The number of carbonyl (C=O) groups is 2. The molecule has 0 aliphatic carbocycles. The molecule has 0 saturated heterocycles.